The molecule has 0 amide bonds. The summed E-state index contributed by atoms with van der Waals surface area (Å²) in [5.74, 6) is 0. The summed E-state index contributed by atoms with van der Waals surface area (Å²) in [5.41, 5.74) is 12.0. The quantitative estimate of drug-likeness (QED) is 0.136. The molecule has 50 heavy (non-hydrogen) atoms. The molecule has 1 heteroatoms. The van der Waals surface area contributed by atoms with E-state index in [9.17, 15) is 0 Å². The molecule has 0 aliphatic heterocycles. The van der Waals surface area contributed by atoms with Gasteiger partial charge in [-0.15, -0.1) is 0 Å². The summed E-state index contributed by atoms with van der Waals surface area (Å²) < 4.78 is 6.96. The maximum Gasteiger partial charge on any atom is 0.143 e. The van der Waals surface area contributed by atoms with Crippen molar-refractivity contribution in [2.45, 2.75) is 19.3 Å². The Morgan fingerprint density at radius 1 is 0.360 bits per heavy atom. The predicted octanol–water partition coefficient (Wildman–Crippen LogP) is 13.8. The van der Waals surface area contributed by atoms with Crippen molar-refractivity contribution in [1.82, 2.24) is 0 Å². The van der Waals surface area contributed by atoms with Crippen LogP contribution in [0.15, 0.2) is 162 Å². The predicted molar refractivity (Wildman–Crippen MR) is 212 cm³/mol. The molecule has 0 N–H and O–H groups in total. The van der Waals surface area contributed by atoms with Crippen molar-refractivity contribution in [2.24, 2.45) is 0 Å². The number of furan rings is 1. The molecule has 0 fully saturated rings. The van der Waals surface area contributed by atoms with Crippen molar-refractivity contribution in [1.29, 1.82) is 0 Å². The second-order valence-electron chi connectivity index (χ2n) is 14.3. The largest absolute Gasteiger partial charge is 0.455 e. The lowest BCUT2D eigenvalue weighted by atomic mass is 9.82. The van der Waals surface area contributed by atoms with Crippen LogP contribution in [-0.4, -0.2) is 0 Å². The smallest absolute Gasteiger partial charge is 0.143 e. The summed E-state index contributed by atoms with van der Waals surface area (Å²) in [6, 6.07) is 58.0. The van der Waals surface area contributed by atoms with E-state index < -0.39 is 0 Å². The summed E-state index contributed by atoms with van der Waals surface area (Å²) in [7, 11) is 0. The first-order valence-corrected chi connectivity index (χ1v) is 17.5. The van der Waals surface area contributed by atoms with Crippen LogP contribution in [0.1, 0.15) is 25.0 Å². The van der Waals surface area contributed by atoms with E-state index in [-0.39, 0.29) is 5.41 Å². The molecule has 1 aliphatic carbocycles. The van der Waals surface area contributed by atoms with Gasteiger partial charge in [0.1, 0.15) is 11.2 Å². The first-order valence-electron chi connectivity index (χ1n) is 17.5. The molecule has 0 radical (unpaired) electrons. The average molecular weight is 637 g/mol. The number of rotatable bonds is 2. The first kappa shape index (κ1) is 27.7. The SMILES string of the molecule is CC1(C)c2ccccc2-c2c1ccc1oc3c(-c4c5ccccc5c(-c5cccc6c5ccc5ccccc56)c5ccccc45)cccc3c21. The highest BCUT2D eigenvalue weighted by atomic mass is 16.3. The zero-order chi connectivity index (χ0) is 33.1. The Labute approximate surface area is 290 Å². The molecular formula is C49H32O. The minimum atomic E-state index is -0.0720. The summed E-state index contributed by atoms with van der Waals surface area (Å²) >= 11 is 0. The van der Waals surface area contributed by atoms with Crippen LogP contribution >= 0.6 is 0 Å². The van der Waals surface area contributed by atoms with Crippen LogP contribution in [0.5, 0.6) is 0 Å². The van der Waals surface area contributed by atoms with Gasteiger partial charge >= 0.3 is 0 Å². The Bertz CT molecular complexity index is 3010. The number of fused-ring (bicyclic) bond motifs is 12. The number of para-hydroxylation sites is 1. The molecule has 0 atom stereocenters. The summed E-state index contributed by atoms with van der Waals surface area (Å²) in [4.78, 5) is 0. The monoisotopic (exact) mass is 636 g/mol. The van der Waals surface area contributed by atoms with Crippen LogP contribution in [0.3, 0.4) is 0 Å². The lowest BCUT2D eigenvalue weighted by molar-refractivity contribution is 0.657. The molecule has 0 spiro atoms. The van der Waals surface area contributed by atoms with E-state index in [1.165, 1.54) is 92.8 Å². The Hall–Kier alpha value is -6.18. The minimum absolute atomic E-state index is 0.0720. The Balaban J connectivity index is 1.25. The fourth-order valence-corrected chi connectivity index (χ4v) is 9.25. The number of hydrogen-bond acceptors (Lipinski definition) is 1. The molecule has 1 aliphatic rings. The molecule has 1 heterocycles. The van der Waals surface area contributed by atoms with Gasteiger partial charge in [0.2, 0.25) is 0 Å². The van der Waals surface area contributed by atoms with Crippen molar-refractivity contribution in [3.8, 4) is 33.4 Å². The summed E-state index contributed by atoms with van der Waals surface area (Å²) in [5, 5.41) is 12.4. The molecule has 0 saturated carbocycles. The van der Waals surface area contributed by atoms with E-state index >= 15 is 0 Å². The minimum Gasteiger partial charge on any atom is -0.455 e. The molecule has 10 aromatic rings. The van der Waals surface area contributed by atoms with Gasteiger partial charge in [-0.05, 0) is 82.5 Å². The molecule has 11 rings (SSSR count). The van der Waals surface area contributed by atoms with Gasteiger partial charge in [0.15, 0.2) is 0 Å². The van der Waals surface area contributed by atoms with Gasteiger partial charge in [0.25, 0.3) is 0 Å². The Morgan fingerprint density at radius 3 is 1.66 bits per heavy atom. The second-order valence-corrected chi connectivity index (χ2v) is 14.3. The van der Waals surface area contributed by atoms with E-state index in [1.807, 2.05) is 0 Å². The van der Waals surface area contributed by atoms with Crippen molar-refractivity contribution >= 4 is 65.0 Å². The Kier molecular flexibility index (Phi) is 5.51. The topological polar surface area (TPSA) is 13.1 Å². The zero-order valence-electron chi connectivity index (χ0n) is 27.9. The van der Waals surface area contributed by atoms with E-state index in [1.54, 1.807) is 0 Å². The van der Waals surface area contributed by atoms with Crippen molar-refractivity contribution < 1.29 is 4.42 Å². The van der Waals surface area contributed by atoms with Crippen LogP contribution in [-0.2, 0) is 5.41 Å². The average Bonchev–Trinajstić information content (AvgIpc) is 3.66. The van der Waals surface area contributed by atoms with Crippen LogP contribution in [0.25, 0.3) is 98.4 Å². The molecule has 1 aromatic heterocycles. The lowest BCUT2D eigenvalue weighted by Gasteiger charge is -2.21. The van der Waals surface area contributed by atoms with Gasteiger partial charge in [-0.25, -0.2) is 0 Å². The van der Waals surface area contributed by atoms with E-state index in [4.69, 9.17) is 4.42 Å². The van der Waals surface area contributed by atoms with Crippen molar-refractivity contribution in [3.05, 3.63) is 169 Å². The first-order chi connectivity index (χ1) is 24.6. The van der Waals surface area contributed by atoms with Gasteiger partial charge in [-0.3, -0.25) is 0 Å². The molecule has 0 saturated heterocycles. The van der Waals surface area contributed by atoms with Gasteiger partial charge in [0.05, 0.1) is 0 Å². The summed E-state index contributed by atoms with van der Waals surface area (Å²) in [6.45, 7) is 4.69. The maximum absolute atomic E-state index is 6.96. The standard InChI is InChI=1S/C49H32O/c1-49(2)41-24-10-9-19-38(41)46-42(49)27-28-43-47(46)40-23-12-22-39(48(40)50-43)45-36-17-7-5-15-34(36)44(35-16-6-8-18-37(35)45)33-21-11-20-31-30-14-4-3-13-29(30)25-26-32(31)33/h3-28H,1-2H3. The highest BCUT2D eigenvalue weighted by Crippen LogP contribution is 2.54. The second kappa shape index (κ2) is 9.94. The van der Waals surface area contributed by atoms with Crippen LogP contribution in [0.4, 0.5) is 0 Å². The fourth-order valence-electron chi connectivity index (χ4n) is 9.25. The number of hydrogen-bond donors (Lipinski definition) is 0. The van der Waals surface area contributed by atoms with Gasteiger partial charge in [0, 0.05) is 27.3 Å². The number of benzene rings is 9. The maximum atomic E-state index is 6.96. The van der Waals surface area contributed by atoms with Gasteiger partial charge < -0.3 is 4.42 Å². The van der Waals surface area contributed by atoms with Gasteiger partial charge in [-0.2, -0.15) is 0 Å². The fraction of sp³-hybridized carbons (Fsp3) is 0.0612. The summed E-state index contributed by atoms with van der Waals surface area (Å²) in [6.07, 6.45) is 0. The third-order valence-electron chi connectivity index (χ3n) is 11.5. The third kappa shape index (κ3) is 3.56. The highest BCUT2D eigenvalue weighted by Gasteiger charge is 2.37. The van der Waals surface area contributed by atoms with Crippen LogP contribution in [0.2, 0.25) is 0 Å². The van der Waals surface area contributed by atoms with Crippen molar-refractivity contribution in [3.63, 3.8) is 0 Å². The highest BCUT2D eigenvalue weighted by molar-refractivity contribution is 6.27. The Morgan fingerprint density at radius 2 is 0.920 bits per heavy atom. The normalized spacial score (nSPS) is 13.6. The van der Waals surface area contributed by atoms with E-state index in [0.717, 1.165) is 16.7 Å². The molecule has 9 aromatic carbocycles. The van der Waals surface area contributed by atoms with Crippen LogP contribution < -0.4 is 0 Å². The molecule has 0 bridgehead atoms. The zero-order valence-corrected chi connectivity index (χ0v) is 27.9. The van der Waals surface area contributed by atoms with Gasteiger partial charge in [-0.1, -0.05) is 166 Å². The molecule has 0 unspecified atom stereocenters. The van der Waals surface area contributed by atoms with E-state index in [2.05, 4.69) is 172 Å². The third-order valence-corrected chi connectivity index (χ3v) is 11.5. The lowest BCUT2D eigenvalue weighted by Crippen LogP contribution is -2.14. The van der Waals surface area contributed by atoms with Crippen LogP contribution in [0, 0.1) is 0 Å². The van der Waals surface area contributed by atoms with Crippen molar-refractivity contribution in [2.75, 3.05) is 0 Å². The molecular weight excluding hydrogens is 605 g/mol. The van der Waals surface area contributed by atoms with E-state index in [0.29, 0.717) is 0 Å². The molecule has 234 valence electrons. The molecule has 1 nitrogen and oxygen atoms in total.